The Labute approximate surface area is 194 Å². The molecule has 0 radical (unpaired) electrons. The van der Waals surface area contributed by atoms with Gasteiger partial charge in [-0.05, 0) is 76.2 Å². The van der Waals surface area contributed by atoms with Crippen molar-refractivity contribution in [1.29, 1.82) is 5.26 Å². The van der Waals surface area contributed by atoms with Crippen LogP contribution in [-0.4, -0.2) is 40.0 Å². The normalized spacial score (nSPS) is 25.8. The molecule has 0 bridgehead atoms. The number of hydrogen-bond acceptors (Lipinski definition) is 7. The Hall–Kier alpha value is -2.76. The van der Waals surface area contributed by atoms with E-state index in [1.54, 1.807) is 17.2 Å². The number of aromatic nitrogens is 3. The average Bonchev–Trinajstić information content (AvgIpc) is 3.61. The highest BCUT2D eigenvalue weighted by molar-refractivity contribution is 6.02. The van der Waals surface area contributed by atoms with Crippen LogP contribution in [0.1, 0.15) is 50.6 Å². The van der Waals surface area contributed by atoms with Gasteiger partial charge in [0.05, 0.1) is 18.0 Å². The molecule has 1 saturated carbocycles. The number of halogens is 1. The van der Waals surface area contributed by atoms with Crippen molar-refractivity contribution < 1.29 is 4.79 Å². The van der Waals surface area contributed by atoms with Crippen molar-refractivity contribution in [2.45, 2.75) is 51.0 Å². The van der Waals surface area contributed by atoms with Gasteiger partial charge in [-0.1, -0.05) is 0 Å². The Kier molecular flexibility index (Phi) is 6.31. The third-order valence-electron chi connectivity index (χ3n) is 6.82. The molecule has 5 rings (SSSR count). The Morgan fingerprint density at radius 3 is 2.62 bits per heavy atom. The van der Waals surface area contributed by atoms with Gasteiger partial charge in [0.25, 0.3) is 0 Å². The monoisotopic (exact) mass is 453 g/mol. The van der Waals surface area contributed by atoms with Crippen LogP contribution in [0.25, 0.3) is 0 Å². The van der Waals surface area contributed by atoms with Gasteiger partial charge in [-0.25, -0.2) is 4.98 Å². The molecule has 32 heavy (non-hydrogen) atoms. The predicted octanol–water partition coefficient (Wildman–Crippen LogP) is 3.55. The standard InChI is InChI=1S/C23H27N7O.ClH/c1-15-12-23(14-24,17-2-3-17)21(31)30(15)20-8-11-26-22(29-20)28-18-4-5-19(27-13-18)16-6-9-25-10-7-16;/h4-5,8,11,13,15-17,25H,2-3,6-7,9-10,12H2,1H3,(H,26,28,29);1H/t15-,23-;/m1./s1. The summed E-state index contributed by atoms with van der Waals surface area (Å²) < 4.78 is 0. The summed E-state index contributed by atoms with van der Waals surface area (Å²) in [6.45, 7) is 4.06. The van der Waals surface area contributed by atoms with Crippen molar-refractivity contribution in [2.75, 3.05) is 23.3 Å². The summed E-state index contributed by atoms with van der Waals surface area (Å²) in [4.78, 5) is 28.4. The Morgan fingerprint density at radius 2 is 1.97 bits per heavy atom. The Morgan fingerprint density at radius 1 is 1.19 bits per heavy atom. The topological polar surface area (TPSA) is 107 Å². The molecule has 0 spiro atoms. The maximum absolute atomic E-state index is 13.2. The number of nitriles is 1. The number of piperidine rings is 1. The zero-order chi connectivity index (χ0) is 21.4. The van der Waals surface area contributed by atoms with Gasteiger partial charge in [0.1, 0.15) is 11.2 Å². The number of nitrogens with zero attached hydrogens (tertiary/aromatic N) is 5. The van der Waals surface area contributed by atoms with E-state index in [1.165, 1.54) is 0 Å². The van der Waals surface area contributed by atoms with Crippen LogP contribution in [-0.2, 0) is 4.79 Å². The van der Waals surface area contributed by atoms with Crippen molar-refractivity contribution in [3.05, 3.63) is 36.3 Å². The lowest BCUT2D eigenvalue weighted by atomic mass is 9.81. The molecule has 2 aliphatic heterocycles. The first-order chi connectivity index (χ1) is 15.1. The quantitative estimate of drug-likeness (QED) is 0.712. The van der Waals surface area contributed by atoms with Crippen molar-refractivity contribution >= 4 is 35.8 Å². The zero-order valence-corrected chi connectivity index (χ0v) is 18.9. The lowest BCUT2D eigenvalue weighted by Gasteiger charge is -2.22. The van der Waals surface area contributed by atoms with Gasteiger partial charge in [0.15, 0.2) is 0 Å². The molecule has 2 atom stereocenters. The van der Waals surface area contributed by atoms with E-state index in [-0.39, 0.29) is 30.3 Å². The summed E-state index contributed by atoms with van der Waals surface area (Å²) >= 11 is 0. The third-order valence-corrected chi connectivity index (χ3v) is 6.82. The fourth-order valence-electron chi connectivity index (χ4n) is 5.00. The number of carbonyl (C=O) groups excluding carboxylic acids is 1. The molecule has 2 saturated heterocycles. The second-order valence-electron chi connectivity index (χ2n) is 8.95. The Balaban J connectivity index is 0.00000245. The molecular weight excluding hydrogens is 426 g/mol. The Bertz CT molecular complexity index is 1010. The molecule has 2 N–H and O–H groups in total. The largest absolute Gasteiger partial charge is 0.323 e. The van der Waals surface area contributed by atoms with E-state index in [0.29, 0.717) is 24.1 Å². The number of rotatable bonds is 5. The van der Waals surface area contributed by atoms with E-state index >= 15 is 0 Å². The van der Waals surface area contributed by atoms with Crippen molar-refractivity contribution in [2.24, 2.45) is 11.3 Å². The molecule has 3 aliphatic rings. The van der Waals surface area contributed by atoms with Crippen LogP contribution in [0.3, 0.4) is 0 Å². The summed E-state index contributed by atoms with van der Waals surface area (Å²) in [5.41, 5.74) is 1.03. The van der Waals surface area contributed by atoms with Gasteiger partial charge in [-0.2, -0.15) is 10.2 Å². The molecule has 4 heterocycles. The van der Waals surface area contributed by atoms with Crippen LogP contribution in [0.15, 0.2) is 30.6 Å². The number of nitrogens with one attached hydrogen (secondary N) is 2. The summed E-state index contributed by atoms with van der Waals surface area (Å²) in [7, 11) is 0. The smallest absolute Gasteiger partial charge is 0.249 e. The highest BCUT2D eigenvalue weighted by atomic mass is 35.5. The summed E-state index contributed by atoms with van der Waals surface area (Å²) in [5, 5.41) is 16.4. The fraction of sp³-hybridized carbons (Fsp3) is 0.522. The van der Waals surface area contributed by atoms with Crippen molar-refractivity contribution in [3.63, 3.8) is 0 Å². The number of carbonyl (C=O) groups is 1. The van der Waals surface area contributed by atoms with E-state index in [1.807, 2.05) is 19.2 Å². The highest BCUT2D eigenvalue weighted by Crippen LogP contribution is 2.53. The minimum Gasteiger partial charge on any atom is -0.323 e. The number of anilines is 3. The predicted molar refractivity (Wildman–Crippen MR) is 124 cm³/mol. The maximum Gasteiger partial charge on any atom is 0.249 e. The molecule has 3 fully saturated rings. The van der Waals surface area contributed by atoms with Gasteiger partial charge in [-0.15, -0.1) is 12.4 Å². The summed E-state index contributed by atoms with van der Waals surface area (Å²) in [6.07, 6.45) is 8.14. The van der Waals surface area contributed by atoms with Crippen LogP contribution in [0.4, 0.5) is 17.5 Å². The van der Waals surface area contributed by atoms with E-state index in [4.69, 9.17) is 0 Å². The number of amides is 1. The van der Waals surface area contributed by atoms with Crippen LogP contribution < -0.4 is 15.5 Å². The van der Waals surface area contributed by atoms with Crippen LogP contribution in [0.5, 0.6) is 0 Å². The van der Waals surface area contributed by atoms with Gasteiger partial charge in [0, 0.05) is 23.9 Å². The third kappa shape index (κ3) is 4.03. The highest BCUT2D eigenvalue weighted by Gasteiger charge is 2.59. The molecule has 2 aromatic rings. The molecule has 0 aromatic carbocycles. The lowest BCUT2D eigenvalue weighted by Crippen LogP contribution is -2.37. The van der Waals surface area contributed by atoms with Gasteiger partial charge in [0.2, 0.25) is 11.9 Å². The fourth-order valence-corrected chi connectivity index (χ4v) is 5.00. The van der Waals surface area contributed by atoms with Gasteiger partial charge in [-0.3, -0.25) is 14.7 Å². The van der Waals surface area contributed by atoms with E-state index in [2.05, 4.69) is 37.7 Å². The minimum atomic E-state index is -0.896. The molecule has 8 nitrogen and oxygen atoms in total. The van der Waals surface area contributed by atoms with Crippen molar-refractivity contribution in [3.8, 4) is 6.07 Å². The molecule has 1 aliphatic carbocycles. The maximum atomic E-state index is 13.2. The van der Waals surface area contributed by atoms with Gasteiger partial charge >= 0.3 is 0 Å². The number of pyridine rings is 1. The minimum absolute atomic E-state index is 0. The average molecular weight is 454 g/mol. The van der Waals surface area contributed by atoms with Crippen LogP contribution in [0, 0.1) is 22.7 Å². The van der Waals surface area contributed by atoms with Crippen LogP contribution in [0.2, 0.25) is 0 Å². The molecular formula is C23H28ClN7O. The van der Waals surface area contributed by atoms with Gasteiger partial charge < -0.3 is 10.6 Å². The zero-order valence-electron chi connectivity index (χ0n) is 18.1. The second kappa shape index (κ2) is 9.00. The first-order valence-electron chi connectivity index (χ1n) is 11.1. The summed E-state index contributed by atoms with van der Waals surface area (Å²) in [6, 6.07) is 8.07. The molecule has 0 unspecified atom stereocenters. The first kappa shape index (κ1) is 22.4. The SMILES string of the molecule is C[C@@H]1C[C@@](C#N)(C2CC2)C(=O)N1c1ccnc(Nc2ccc(C3CCNCC3)nc2)n1.Cl. The van der Waals surface area contributed by atoms with E-state index in [9.17, 15) is 10.1 Å². The molecule has 168 valence electrons. The second-order valence-corrected chi connectivity index (χ2v) is 8.95. The molecule has 9 heteroatoms. The summed E-state index contributed by atoms with van der Waals surface area (Å²) in [5.74, 6) is 1.51. The number of hydrogen-bond donors (Lipinski definition) is 2. The molecule has 1 amide bonds. The van der Waals surface area contributed by atoms with E-state index in [0.717, 1.165) is 50.2 Å². The van der Waals surface area contributed by atoms with E-state index < -0.39 is 5.41 Å². The van der Waals surface area contributed by atoms with Crippen LogP contribution >= 0.6 is 12.4 Å². The lowest BCUT2D eigenvalue weighted by molar-refractivity contribution is -0.123. The van der Waals surface area contributed by atoms with Crippen molar-refractivity contribution in [1.82, 2.24) is 20.3 Å². The molecule has 2 aromatic heterocycles. The first-order valence-corrected chi connectivity index (χ1v) is 11.1.